The van der Waals surface area contributed by atoms with Crippen molar-refractivity contribution in [3.05, 3.63) is 24.0 Å². The van der Waals surface area contributed by atoms with Gasteiger partial charge in [-0.3, -0.25) is 4.79 Å². The molecule has 0 bridgehead atoms. The number of hydrogen-bond donors (Lipinski definition) is 2. The third-order valence-corrected chi connectivity index (χ3v) is 2.77. The topological polar surface area (TPSA) is 73.6 Å². The summed E-state index contributed by atoms with van der Waals surface area (Å²) in [7, 11) is 1.54. The van der Waals surface area contributed by atoms with Gasteiger partial charge in [0.05, 0.1) is 12.6 Å². The summed E-state index contributed by atoms with van der Waals surface area (Å²) in [5, 5.41) is 2.57. The molecule has 20 heavy (non-hydrogen) atoms. The molecular weight excluding hydrogens is 263 g/mol. The minimum Gasteiger partial charge on any atom is -0.488 e. The van der Waals surface area contributed by atoms with E-state index in [-0.39, 0.29) is 24.2 Å². The molecule has 0 aliphatic rings. The Balaban J connectivity index is 2.65. The molecule has 1 aromatic rings. The second kappa shape index (κ2) is 7.81. The van der Waals surface area contributed by atoms with Crippen LogP contribution in [0.4, 0.5) is 10.1 Å². The molecule has 0 aliphatic heterocycles. The molecule has 0 aromatic heterocycles. The van der Waals surface area contributed by atoms with Crippen LogP contribution < -0.4 is 15.8 Å². The second-order valence-corrected chi connectivity index (χ2v) is 4.75. The molecule has 0 radical (unpaired) electrons. The van der Waals surface area contributed by atoms with Crippen LogP contribution in [0.5, 0.6) is 5.75 Å². The number of amides is 1. The number of carbonyl (C=O) groups excluding carboxylic acids is 1. The zero-order chi connectivity index (χ0) is 15.1. The van der Waals surface area contributed by atoms with Crippen molar-refractivity contribution in [2.75, 3.05) is 25.6 Å². The van der Waals surface area contributed by atoms with Gasteiger partial charge in [0.15, 0.2) is 11.6 Å². The minimum absolute atomic E-state index is 0.0106. The number of nitrogens with two attached hydrogens (primary N) is 1. The van der Waals surface area contributed by atoms with Crippen molar-refractivity contribution in [3.63, 3.8) is 0 Å². The van der Waals surface area contributed by atoms with Crippen molar-refractivity contribution < 1.29 is 18.7 Å². The third-order valence-electron chi connectivity index (χ3n) is 2.77. The summed E-state index contributed by atoms with van der Waals surface area (Å²) in [6.45, 7) is 4.33. The van der Waals surface area contributed by atoms with Crippen molar-refractivity contribution >= 4 is 11.6 Å². The van der Waals surface area contributed by atoms with Crippen LogP contribution in [0.3, 0.4) is 0 Å². The number of benzene rings is 1. The molecule has 3 N–H and O–H groups in total. The molecule has 1 rings (SSSR count). The number of rotatable bonds is 7. The van der Waals surface area contributed by atoms with E-state index in [1.165, 1.54) is 19.2 Å². The SMILES string of the molecule is COCCOc1ccc(NC(=O)[C@@H](N)C(C)C)cc1F. The highest BCUT2D eigenvalue weighted by molar-refractivity contribution is 5.94. The largest absolute Gasteiger partial charge is 0.488 e. The van der Waals surface area contributed by atoms with Crippen LogP contribution in [0.25, 0.3) is 0 Å². The fraction of sp³-hybridized carbons (Fsp3) is 0.500. The number of nitrogens with one attached hydrogen (secondary N) is 1. The summed E-state index contributed by atoms with van der Waals surface area (Å²) < 4.78 is 23.7. The van der Waals surface area contributed by atoms with Gasteiger partial charge in [-0.1, -0.05) is 13.8 Å². The first-order chi connectivity index (χ1) is 9.45. The van der Waals surface area contributed by atoms with Crippen LogP contribution in [0.2, 0.25) is 0 Å². The Morgan fingerprint density at radius 1 is 1.40 bits per heavy atom. The highest BCUT2D eigenvalue weighted by Gasteiger charge is 2.17. The number of hydrogen-bond acceptors (Lipinski definition) is 4. The highest BCUT2D eigenvalue weighted by atomic mass is 19.1. The van der Waals surface area contributed by atoms with Gasteiger partial charge in [0, 0.05) is 18.9 Å². The van der Waals surface area contributed by atoms with E-state index in [0.29, 0.717) is 12.3 Å². The molecule has 0 aliphatic carbocycles. The third kappa shape index (κ3) is 4.79. The Hall–Kier alpha value is -1.66. The summed E-state index contributed by atoms with van der Waals surface area (Å²) in [6.07, 6.45) is 0. The summed E-state index contributed by atoms with van der Waals surface area (Å²) in [5.74, 6) is -0.755. The molecule has 0 unspecified atom stereocenters. The van der Waals surface area contributed by atoms with Crippen molar-refractivity contribution in [1.82, 2.24) is 0 Å². The van der Waals surface area contributed by atoms with Crippen molar-refractivity contribution in [2.45, 2.75) is 19.9 Å². The maximum absolute atomic E-state index is 13.7. The summed E-state index contributed by atoms with van der Waals surface area (Å²) in [6, 6.07) is 3.60. The van der Waals surface area contributed by atoms with E-state index in [1.807, 2.05) is 13.8 Å². The summed E-state index contributed by atoms with van der Waals surface area (Å²) >= 11 is 0. The van der Waals surface area contributed by atoms with Gasteiger partial charge in [-0.15, -0.1) is 0 Å². The quantitative estimate of drug-likeness (QED) is 0.748. The fourth-order valence-corrected chi connectivity index (χ4v) is 1.46. The van der Waals surface area contributed by atoms with Crippen molar-refractivity contribution in [3.8, 4) is 5.75 Å². The maximum Gasteiger partial charge on any atom is 0.241 e. The van der Waals surface area contributed by atoms with E-state index >= 15 is 0 Å². The smallest absolute Gasteiger partial charge is 0.241 e. The fourth-order valence-electron chi connectivity index (χ4n) is 1.46. The van der Waals surface area contributed by atoms with Crippen molar-refractivity contribution in [2.24, 2.45) is 11.7 Å². The minimum atomic E-state index is -0.629. The molecule has 1 atom stereocenters. The van der Waals surface area contributed by atoms with E-state index in [0.717, 1.165) is 0 Å². The molecule has 1 amide bonds. The molecule has 0 saturated heterocycles. The van der Waals surface area contributed by atoms with Gasteiger partial charge in [-0.2, -0.15) is 0 Å². The van der Waals surface area contributed by atoms with Crippen LogP contribution in [0.1, 0.15) is 13.8 Å². The zero-order valence-electron chi connectivity index (χ0n) is 12.0. The highest BCUT2D eigenvalue weighted by Crippen LogP contribution is 2.21. The molecule has 5 nitrogen and oxygen atoms in total. The van der Waals surface area contributed by atoms with Crippen LogP contribution in [-0.2, 0) is 9.53 Å². The number of ether oxygens (including phenoxy) is 2. The normalized spacial score (nSPS) is 12.3. The zero-order valence-corrected chi connectivity index (χ0v) is 12.0. The molecular formula is C14H21FN2O3. The maximum atomic E-state index is 13.7. The first kappa shape index (κ1) is 16.4. The number of carbonyl (C=O) groups is 1. The van der Waals surface area contributed by atoms with Gasteiger partial charge in [0.1, 0.15) is 6.61 Å². The molecule has 0 fully saturated rings. The van der Waals surface area contributed by atoms with Crippen LogP contribution >= 0.6 is 0 Å². The average molecular weight is 284 g/mol. The van der Waals surface area contributed by atoms with Gasteiger partial charge in [-0.05, 0) is 18.1 Å². The van der Waals surface area contributed by atoms with E-state index in [9.17, 15) is 9.18 Å². The molecule has 112 valence electrons. The lowest BCUT2D eigenvalue weighted by molar-refractivity contribution is -0.118. The van der Waals surface area contributed by atoms with Gasteiger partial charge in [-0.25, -0.2) is 4.39 Å². The lowest BCUT2D eigenvalue weighted by atomic mass is 10.0. The van der Waals surface area contributed by atoms with Crippen LogP contribution in [-0.4, -0.2) is 32.3 Å². The predicted octanol–water partition coefficient (Wildman–Crippen LogP) is 1.77. The molecule has 6 heteroatoms. The molecule has 0 saturated carbocycles. The Morgan fingerprint density at radius 2 is 2.10 bits per heavy atom. The van der Waals surface area contributed by atoms with E-state index in [2.05, 4.69) is 5.32 Å². The monoisotopic (exact) mass is 284 g/mol. The van der Waals surface area contributed by atoms with Crippen molar-refractivity contribution in [1.29, 1.82) is 0 Å². The second-order valence-electron chi connectivity index (χ2n) is 4.75. The summed E-state index contributed by atoms with van der Waals surface area (Å²) in [5.41, 5.74) is 6.06. The lowest BCUT2D eigenvalue weighted by Gasteiger charge is -2.15. The lowest BCUT2D eigenvalue weighted by Crippen LogP contribution is -2.39. The molecule has 0 heterocycles. The number of anilines is 1. The Kier molecular flexibility index (Phi) is 6.41. The molecule has 1 aromatic carbocycles. The van der Waals surface area contributed by atoms with Gasteiger partial charge in [0.2, 0.25) is 5.91 Å². The van der Waals surface area contributed by atoms with Gasteiger partial charge < -0.3 is 20.5 Å². The van der Waals surface area contributed by atoms with E-state index in [4.69, 9.17) is 15.2 Å². The summed E-state index contributed by atoms with van der Waals surface area (Å²) in [4.78, 5) is 11.8. The van der Waals surface area contributed by atoms with E-state index in [1.54, 1.807) is 6.07 Å². The van der Waals surface area contributed by atoms with Gasteiger partial charge >= 0.3 is 0 Å². The first-order valence-electron chi connectivity index (χ1n) is 6.43. The standard InChI is InChI=1S/C14H21FN2O3/c1-9(2)13(16)14(18)17-10-4-5-12(11(15)8-10)20-7-6-19-3/h4-5,8-9,13H,6-7,16H2,1-3H3,(H,17,18)/t13-/m0/s1. The van der Waals surface area contributed by atoms with E-state index < -0.39 is 11.9 Å². The van der Waals surface area contributed by atoms with Gasteiger partial charge in [0.25, 0.3) is 0 Å². The predicted molar refractivity (Wildman–Crippen MR) is 75.2 cm³/mol. The Morgan fingerprint density at radius 3 is 2.65 bits per heavy atom. The Bertz CT molecular complexity index is 452. The molecule has 0 spiro atoms. The average Bonchev–Trinajstić information content (AvgIpc) is 2.40. The Labute approximate surface area is 118 Å². The van der Waals surface area contributed by atoms with Crippen LogP contribution in [0.15, 0.2) is 18.2 Å². The first-order valence-corrected chi connectivity index (χ1v) is 6.43. The number of methoxy groups -OCH3 is 1. The number of halogens is 1. The van der Waals surface area contributed by atoms with Crippen LogP contribution in [0, 0.1) is 11.7 Å².